The van der Waals surface area contributed by atoms with Gasteiger partial charge in [0.25, 0.3) is 0 Å². The standard InChI is InChI=1S/C15H13F3N2O/c1-9-7-10(16)5-6-13(9)19-8-14(21)20-15-11(17)3-2-4-12(15)18/h2-7,19H,8H2,1H3,(H,20,21). The van der Waals surface area contributed by atoms with E-state index in [1.807, 2.05) is 0 Å². The van der Waals surface area contributed by atoms with Crippen LogP contribution in [0.15, 0.2) is 36.4 Å². The maximum atomic E-state index is 13.4. The molecule has 0 saturated heterocycles. The van der Waals surface area contributed by atoms with Gasteiger partial charge in [0.05, 0.1) is 6.54 Å². The molecule has 6 heteroatoms. The van der Waals surface area contributed by atoms with Gasteiger partial charge in [-0.1, -0.05) is 6.07 Å². The van der Waals surface area contributed by atoms with E-state index in [0.717, 1.165) is 12.1 Å². The summed E-state index contributed by atoms with van der Waals surface area (Å²) in [6, 6.07) is 7.37. The Kier molecular flexibility index (Phi) is 4.47. The van der Waals surface area contributed by atoms with E-state index >= 15 is 0 Å². The predicted octanol–water partition coefficient (Wildman–Crippen LogP) is 3.46. The van der Waals surface area contributed by atoms with E-state index in [1.54, 1.807) is 6.92 Å². The molecule has 21 heavy (non-hydrogen) atoms. The molecular formula is C15H13F3N2O. The largest absolute Gasteiger partial charge is 0.376 e. The SMILES string of the molecule is Cc1cc(F)ccc1NCC(=O)Nc1c(F)cccc1F. The summed E-state index contributed by atoms with van der Waals surface area (Å²) in [7, 11) is 0. The van der Waals surface area contributed by atoms with Gasteiger partial charge >= 0.3 is 0 Å². The fourth-order valence-electron chi connectivity index (χ4n) is 1.80. The van der Waals surface area contributed by atoms with E-state index < -0.39 is 23.2 Å². The van der Waals surface area contributed by atoms with Crippen molar-refractivity contribution >= 4 is 17.3 Å². The normalized spacial score (nSPS) is 10.3. The van der Waals surface area contributed by atoms with Crippen molar-refractivity contribution in [2.75, 3.05) is 17.2 Å². The van der Waals surface area contributed by atoms with Crippen molar-refractivity contribution < 1.29 is 18.0 Å². The molecule has 0 spiro atoms. The number of benzene rings is 2. The van der Waals surface area contributed by atoms with Crippen LogP contribution < -0.4 is 10.6 Å². The first-order valence-corrected chi connectivity index (χ1v) is 6.21. The molecule has 0 aliphatic rings. The van der Waals surface area contributed by atoms with Gasteiger partial charge in [0.1, 0.15) is 23.1 Å². The summed E-state index contributed by atoms with van der Waals surface area (Å²) in [5.41, 5.74) is 0.709. The lowest BCUT2D eigenvalue weighted by atomic mass is 10.2. The van der Waals surface area contributed by atoms with E-state index in [-0.39, 0.29) is 12.4 Å². The lowest BCUT2D eigenvalue weighted by Crippen LogP contribution is -2.23. The predicted molar refractivity (Wildman–Crippen MR) is 74.6 cm³/mol. The van der Waals surface area contributed by atoms with Gasteiger partial charge in [-0.05, 0) is 42.8 Å². The number of amides is 1. The molecule has 0 aliphatic heterocycles. The molecule has 2 rings (SSSR count). The molecule has 0 saturated carbocycles. The molecule has 0 unspecified atom stereocenters. The van der Waals surface area contributed by atoms with E-state index in [9.17, 15) is 18.0 Å². The quantitative estimate of drug-likeness (QED) is 0.906. The number of anilines is 2. The lowest BCUT2D eigenvalue weighted by Gasteiger charge is -2.11. The zero-order valence-corrected chi connectivity index (χ0v) is 11.2. The molecule has 2 aromatic carbocycles. The number of carbonyl (C=O) groups excluding carboxylic acids is 1. The highest BCUT2D eigenvalue weighted by Crippen LogP contribution is 2.18. The number of halogens is 3. The molecule has 0 atom stereocenters. The summed E-state index contributed by atoms with van der Waals surface area (Å²) < 4.78 is 39.7. The molecule has 110 valence electrons. The second kappa shape index (κ2) is 6.30. The second-order valence-electron chi connectivity index (χ2n) is 4.46. The molecule has 0 radical (unpaired) electrons. The van der Waals surface area contributed by atoms with Crippen LogP contribution in [0.25, 0.3) is 0 Å². The van der Waals surface area contributed by atoms with Crippen LogP contribution in [0.2, 0.25) is 0 Å². The number of aryl methyl sites for hydroxylation is 1. The minimum absolute atomic E-state index is 0.194. The summed E-state index contributed by atoms with van der Waals surface area (Å²) in [5, 5.41) is 4.93. The molecular weight excluding hydrogens is 281 g/mol. The van der Waals surface area contributed by atoms with Gasteiger partial charge in [0, 0.05) is 5.69 Å². The first-order chi connectivity index (χ1) is 9.97. The first kappa shape index (κ1) is 14.9. The highest BCUT2D eigenvalue weighted by atomic mass is 19.1. The van der Waals surface area contributed by atoms with Crippen molar-refractivity contribution in [2.24, 2.45) is 0 Å². The molecule has 3 nitrogen and oxygen atoms in total. The molecule has 2 N–H and O–H groups in total. The van der Waals surface area contributed by atoms with Crippen molar-refractivity contribution in [3.05, 3.63) is 59.4 Å². The van der Waals surface area contributed by atoms with Crippen LogP contribution in [0.3, 0.4) is 0 Å². The highest BCUT2D eigenvalue weighted by molar-refractivity contribution is 5.94. The maximum absolute atomic E-state index is 13.4. The van der Waals surface area contributed by atoms with Crippen molar-refractivity contribution in [1.82, 2.24) is 0 Å². The minimum atomic E-state index is -0.846. The third kappa shape index (κ3) is 3.75. The third-order valence-corrected chi connectivity index (χ3v) is 2.86. The zero-order valence-electron chi connectivity index (χ0n) is 11.2. The number of rotatable bonds is 4. The molecule has 0 aliphatic carbocycles. The number of carbonyl (C=O) groups is 1. The zero-order chi connectivity index (χ0) is 15.4. The Bertz CT molecular complexity index is 654. The Morgan fingerprint density at radius 2 is 1.76 bits per heavy atom. The van der Waals surface area contributed by atoms with Crippen LogP contribution in [0.1, 0.15) is 5.56 Å². The maximum Gasteiger partial charge on any atom is 0.243 e. The summed E-state index contributed by atoms with van der Waals surface area (Å²) in [6.07, 6.45) is 0. The van der Waals surface area contributed by atoms with Gasteiger partial charge in [-0.15, -0.1) is 0 Å². The van der Waals surface area contributed by atoms with Crippen LogP contribution in [-0.2, 0) is 4.79 Å². The van der Waals surface area contributed by atoms with E-state index in [4.69, 9.17) is 0 Å². The first-order valence-electron chi connectivity index (χ1n) is 6.21. The Labute approximate surface area is 119 Å². The lowest BCUT2D eigenvalue weighted by molar-refractivity contribution is -0.114. The van der Waals surface area contributed by atoms with Gasteiger partial charge in [-0.25, -0.2) is 13.2 Å². The van der Waals surface area contributed by atoms with Crippen LogP contribution in [0.4, 0.5) is 24.5 Å². The summed E-state index contributed by atoms with van der Waals surface area (Å²) in [6.45, 7) is 1.49. The summed E-state index contributed by atoms with van der Waals surface area (Å²) in [5.74, 6) is -2.68. The molecule has 1 amide bonds. The Morgan fingerprint density at radius 3 is 2.38 bits per heavy atom. The Balaban J connectivity index is 1.99. The van der Waals surface area contributed by atoms with Crippen LogP contribution in [0, 0.1) is 24.4 Å². The van der Waals surface area contributed by atoms with E-state index in [2.05, 4.69) is 10.6 Å². The van der Waals surface area contributed by atoms with Crippen LogP contribution in [0.5, 0.6) is 0 Å². The van der Waals surface area contributed by atoms with Gasteiger partial charge in [0.2, 0.25) is 5.91 Å². The van der Waals surface area contributed by atoms with Crippen molar-refractivity contribution in [2.45, 2.75) is 6.92 Å². The Morgan fingerprint density at radius 1 is 1.10 bits per heavy atom. The monoisotopic (exact) mass is 294 g/mol. The molecule has 0 aromatic heterocycles. The average Bonchev–Trinajstić information content (AvgIpc) is 2.42. The van der Waals surface area contributed by atoms with Gasteiger partial charge in [-0.2, -0.15) is 0 Å². The smallest absolute Gasteiger partial charge is 0.243 e. The molecule has 0 bridgehead atoms. The fourth-order valence-corrected chi connectivity index (χ4v) is 1.80. The van der Waals surface area contributed by atoms with Crippen molar-refractivity contribution in [3.63, 3.8) is 0 Å². The Hall–Kier alpha value is -2.50. The van der Waals surface area contributed by atoms with Gasteiger partial charge in [-0.3, -0.25) is 4.79 Å². The highest BCUT2D eigenvalue weighted by Gasteiger charge is 2.11. The molecule has 0 fully saturated rings. The number of hydrogen-bond donors (Lipinski definition) is 2. The fraction of sp³-hybridized carbons (Fsp3) is 0.133. The van der Waals surface area contributed by atoms with Crippen molar-refractivity contribution in [3.8, 4) is 0 Å². The minimum Gasteiger partial charge on any atom is -0.376 e. The number of nitrogens with one attached hydrogen (secondary N) is 2. The molecule has 0 heterocycles. The van der Waals surface area contributed by atoms with Gasteiger partial charge < -0.3 is 10.6 Å². The topological polar surface area (TPSA) is 41.1 Å². The van der Waals surface area contributed by atoms with Crippen LogP contribution in [-0.4, -0.2) is 12.5 Å². The molecule has 2 aromatic rings. The second-order valence-corrected chi connectivity index (χ2v) is 4.46. The van der Waals surface area contributed by atoms with Crippen molar-refractivity contribution in [1.29, 1.82) is 0 Å². The average molecular weight is 294 g/mol. The third-order valence-electron chi connectivity index (χ3n) is 2.86. The van der Waals surface area contributed by atoms with Crippen LogP contribution >= 0.6 is 0 Å². The number of hydrogen-bond acceptors (Lipinski definition) is 2. The van der Waals surface area contributed by atoms with Gasteiger partial charge in [0.15, 0.2) is 0 Å². The summed E-state index contributed by atoms with van der Waals surface area (Å²) in [4.78, 5) is 11.7. The summed E-state index contributed by atoms with van der Waals surface area (Å²) >= 11 is 0. The number of para-hydroxylation sites is 1. The van der Waals surface area contributed by atoms with E-state index in [0.29, 0.717) is 11.3 Å². The van der Waals surface area contributed by atoms with E-state index in [1.165, 1.54) is 24.3 Å².